The van der Waals surface area contributed by atoms with Crippen LogP contribution in [0, 0.1) is 11.3 Å². The van der Waals surface area contributed by atoms with Crippen LogP contribution in [-0.2, 0) is 6.42 Å². The average Bonchev–Trinajstić information content (AvgIpc) is 2.66. The number of hydrogen-bond donors (Lipinski definition) is 0. The van der Waals surface area contributed by atoms with Crippen molar-refractivity contribution in [1.82, 2.24) is 0 Å². The number of ether oxygens (including phenoxy) is 3. The second-order valence-electron chi connectivity index (χ2n) is 5.89. The summed E-state index contributed by atoms with van der Waals surface area (Å²) in [7, 11) is 4.66. The van der Waals surface area contributed by atoms with Gasteiger partial charge in [0.2, 0.25) is 0 Å². The molecule has 0 saturated heterocycles. The van der Waals surface area contributed by atoms with E-state index in [2.05, 4.69) is 6.07 Å². The molecule has 0 amide bonds. The van der Waals surface area contributed by atoms with Gasteiger partial charge < -0.3 is 14.2 Å². The molecule has 0 aromatic heterocycles. The summed E-state index contributed by atoms with van der Waals surface area (Å²) in [5.74, 6) is 1.40. The van der Waals surface area contributed by atoms with Gasteiger partial charge in [0.15, 0.2) is 5.78 Å². The number of ketones is 1. The Kier molecular flexibility index (Phi) is 4.62. The first-order chi connectivity index (χ1) is 12.1. The Hall–Kier alpha value is -3.00. The molecular weight excluding hydrogens is 318 g/mol. The molecule has 5 nitrogen and oxygen atoms in total. The molecule has 0 heterocycles. The molecule has 1 aliphatic carbocycles. The Balaban J connectivity index is 2.08. The summed E-state index contributed by atoms with van der Waals surface area (Å²) >= 11 is 0. The largest absolute Gasteiger partial charge is 0.497 e. The minimum atomic E-state index is -0.363. The van der Waals surface area contributed by atoms with E-state index in [0.717, 1.165) is 17.7 Å². The molecule has 1 unspecified atom stereocenters. The van der Waals surface area contributed by atoms with Crippen molar-refractivity contribution in [3.8, 4) is 23.3 Å². The number of carbonyl (C=O) groups is 1. The zero-order chi connectivity index (χ0) is 18.0. The van der Waals surface area contributed by atoms with Gasteiger partial charge in [-0.25, -0.2) is 0 Å². The van der Waals surface area contributed by atoms with Crippen LogP contribution >= 0.6 is 0 Å². The molecule has 3 rings (SSSR count). The van der Waals surface area contributed by atoms with Gasteiger partial charge in [-0.1, -0.05) is 0 Å². The molecule has 0 bridgehead atoms. The van der Waals surface area contributed by atoms with Gasteiger partial charge in [0.1, 0.15) is 23.3 Å². The quantitative estimate of drug-likeness (QED) is 0.854. The summed E-state index contributed by atoms with van der Waals surface area (Å²) in [4.78, 5) is 13.1. The summed E-state index contributed by atoms with van der Waals surface area (Å²) in [6, 6.07) is 11.0. The highest BCUT2D eigenvalue weighted by Gasteiger charge is 2.32. The smallest absolute Gasteiger partial charge is 0.170 e. The predicted molar refractivity (Wildman–Crippen MR) is 92.6 cm³/mol. The molecule has 2 aromatic rings. The first kappa shape index (κ1) is 16.8. The molecule has 2 aromatic carbocycles. The van der Waals surface area contributed by atoms with Crippen LogP contribution in [-0.4, -0.2) is 27.1 Å². The van der Waals surface area contributed by atoms with E-state index in [9.17, 15) is 10.1 Å². The lowest BCUT2D eigenvalue weighted by molar-refractivity contribution is 0.0944. The van der Waals surface area contributed by atoms with E-state index in [1.807, 2.05) is 6.07 Å². The zero-order valence-electron chi connectivity index (χ0n) is 14.5. The number of Topliss-reactive ketones (excluding diaryl/α,β-unsaturated/α-hetero) is 1. The number of methoxy groups -OCH3 is 3. The molecule has 0 saturated carbocycles. The van der Waals surface area contributed by atoms with Crippen LogP contribution in [0.1, 0.15) is 39.4 Å². The Morgan fingerprint density at radius 1 is 1.04 bits per heavy atom. The van der Waals surface area contributed by atoms with E-state index in [4.69, 9.17) is 14.2 Å². The topological polar surface area (TPSA) is 68.6 Å². The number of aryl methyl sites for hydroxylation is 1. The highest BCUT2D eigenvalue weighted by atomic mass is 16.5. The Morgan fingerprint density at radius 3 is 2.44 bits per heavy atom. The van der Waals surface area contributed by atoms with Crippen LogP contribution in [0.15, 0.2) is 30.3 Å². The Morgan fingerprint density at radius 2 is 1.80 bits per heavy atom. The average molecular weight is 337 g/mol. The first-order valence-electron chi connectivity index (χ1n) is 8.00. The third kappa shape index (κ3) is 2.91. The minimum absolute atomic E-state index is 0.0272. The van der Waals surface area contributed by atoms with Gasteiger partial charge in [0, 0.05) is 17.2 Å². The van der Waals surface area contributed by atoms with Crippen LogP contribution < -0.4 is 14.2 Å². The van der Waals surface area contributed by atoms with Crippen LogP contribution in [0.25, 0.3) is 0 Å². The molecule has 0 aliphatic heterocycles. The van der Waals surface area contributed by atoms with E-state index >= 15 is 0 Å². The number of fused-ring (bicyclic) bond motifs is 1. The number of carbonyl (C=O) groups excluding carboxylic acids is 1. The minimum Gasteiger partial charge on any atom is -0.497 e. The molecule has 0 spiro atoms. The van der Waals surface area contributed by atoms with E-state index in [0.29, 0.717) is 34.6 Å². The van der Waals surface area contributed by atoms with Crippen LogP contribution in [0.4, 0.5) is 0 Å². The summed E-state index contributed by atoms with van der Waals surface area (Å²) in [5.41, 5.74) is 2.75. The van der Waals surface area contributed by atoms with Crippen molar-refractivity contribution >= 4 is 5.78 Å². The fourth-order valence-corrected chi connectivity index (χ4v) is 3.37. The maximum Gasteiger partial charge on any atom is 0.170 e. The van der Waals surface area contributed by atoms with Crippen molar-refractivity contribution in [1.29, 1.82) is 5.26 Å². The maximum absolute atomic E-state index is 13.1. The molecule has 0 radical (unpaired) electrons. The molecule has 5 heteroatoms. The van der Waals surface area contributed by atoms with E-state index < -0.39 is 0 Å². The Bertz CT molecular complexity index is 867. The van der Waals surface area contributed by atoms with Gasteiger partial charge in [0.05, 0.1) is 32.8 Å². The van der Waals surface area contributed by atoms with Crippen molar-refractivity contribution in [3.63, 3.8) is 0 Å². The summed E-state index contributed by atoms with van der Waals surface area (Å²) in [6.07, 6.45) is 1.40. The lowest BCUT2D eigenvalue weighted by atomic mass is 9.78. The van der Waals surface area contributed by atoms with Crippen molar-refractivity contribution in [3.05, 3.63) is 52.6 Å². The third-order valence-electron chi connectivity index (χ3n) is 4.62. The van der Waals surface area contributed by atoms with Crippen molar-refractivity contribution in [2.24, 2.45) is 0 Å². The van der Waals surface area contributed by atoms with Crippen LogP contribution in [0.5, 0.6) is 17.2 Å². The van der Waals surface area contributed by atoms with Gasteiger partial charge in [0.25, 0.3) is 0 Å². The highest BCUT2D eigenvalue weighted by molar-refractivity contribution is 6.03. The third-order valence-corrected chi connectivity index (χ3v) is 4.62. The maximum atomic E-state index is 13.1. The standard InChI is InChI=1S/C20H19NO4/c1-23-14-5-7-16-12(8-14)4-6-17(19(16)22)18-10-15(24-2)9-13(11-21)20(18)25-3/h5,7-10,17H,4,6H2,1-3H3. The molecule has 1 aliphatic rings. The van der Waals surface area contributed by atoms with Gasteiger partial charge in [-0.3, -0.25) is 4.79 Å². The number of nitriles is 1. The monoisotopic (exact) mass is 337 g/mol. The second-order valence-corrected chi connectivity index (χ2v) is 5.89. The normalized spacial score (nSPS) is 15.9. The van der Waals surface area contributed by atoms with E-state index in [-0.39, 0.29) is 11.7 Å². The number of hydrogen-bond acceptors (Lipinski definition) is 5. The van der Waals surface area contributed by atoms with Gasteiger partial charge in [-0.15, -0.1) is 0 Å². The van der Waals surface area contributed by atoms with E-state index in [1.54, 1.807) is 31.4 Å². The molecule has 25 heavy (non-hydrogen) atoms. The molecule has 0 fully saturated rings. The SMILES string of the molecule is COc1ccc2c(c1)CCC(c1cc(OC)cc(C#N)c1OC)C2=O. The first-order valence-corrected chi connectivity index (χ1v) is 8.00. The number of rotatable bonds is 4. The lowest BCUT2D eigenvalue weighted by Gasteiger charge is -2.26. The van der Waals surface area contributed by atoms with Crippen LogP contribution in [0.3, 0.4) is 0 Å². The van der Waals surface area contributed by atoms with Crippen molar-refractivity contribution in [2.45, 2.75) is 18.8 Å². The Labute approximate surface area is 146 Å². The lowest BCUT2D eigenvalue weighted by Crippen LogP contribution is -2.21. The van der Waals surface area contributed by atoms with Crippen molar-refractivity contribution in [2.75, 3.05) is 21.3 Å². The molecule has 1 atom stereocenters. The summed E-state index contributed by atoms with van der Waals surface area (Å²) in [5, 5.41) is 9.39. The highest BCUT2D eigenvalue weighted by Crippen LogP contribution is 2.41. The van der Waals surface area contributed by atoms with Gasteiger partial charge in [-0.2, -0.15) is 5.26 Å². The fourth-order valence-electron chi connectivity index (χ4n) is 3.37. The molecular formula is C20H19NO4. The predicted octanol–water partition coefficient (Wildman–Crippen LogP) is 3.50. The molecule has 0 N–H and O–H groups in total. The van der Waals surface area contributed by atoms with Crippen molar-refractivity contribution < 1.29 is 19.0 Å². The molecule has 128 valence electrons. The second kappa shape index (κ2) is 6.86. The van der Waals surface area contributed by atoms with Gasteiger partial charge >= 0.3 is 0 Å². The number of benzene rings is 2. The van der Waals surface area contributed by atoms with E-state index in [1.165, 1.54) is 14.2 Å². The van der Waals surface area contributed by atoms with Gasteiger partial charge in [-0.05, 0) is 42.7 Å². The fraction of sp³-hybridized carbons (Fsp3) is 0.300. The number of nitrogens with zero attached hydrogens (tertiary/aromatic N) is 1. The van der Waals surface area contributed by atoms with Crippen LogP contribution in [0.2, 0.25) is 0 Å². The zero-order valence-corrected chi connectivity index (χ0v) is 14.5. The summed E-state index contributed by atoms with van der Waals surface area (Å²) in [6.45, 7) is 0. The summed E-state index contributed by atoms with van der Waals surface area (Å²) < 4.78 is 16.0.